The average Bonchev–Trinajstić information content (AvgIpc) is 3.19. The highest BCUT2D eigenvalue weighted by molar-refractivity contribution is 7.09. The van der Waals surface area contributed by atoms with E-state index >= 15 is 0 Å². The van der Waals surface area contributed by atoms with Gasteiger partial charge in [0.25, 0.3) is 0 Å². The molecule has 1 aromatic carbocycles. The largest absolute Gasteiger partial charge is 0.466 e. The number of thiazole rings is 1. The standard InChI is InChI=1S/C20H26N4O2S/c1-3-26-19(25)16-10-7-11-24(13-16)20(21-2)22-12-18-23-17(14-27-18)15-8-5-4-6-9-15/h4-6,8-9,14,16H,3,7,10-13H2,1-2H3,(H,21,22). The Morgan fingerprint density at radius 3 is 2.96 bits per heavy atom. The highest BCUT2D eigenvalue weighted by atomic mass is 32.1. The number of nitrogens with one attached hydrogen (secondary N) is 1. The summed E-state index contributed by atoms with van der Waals surface area (Å²) in [6, 6.07) is 10.2. The molecule has 0 radical (unpaired) electrons. The fourth-order valence-corrected chi connectivity index (χ4v) is 3.99. The van der Waals surface area contributed by atoms with Crippen LogP contribution >= 0.6 is 11.3 Å². The van der Waals surface area contributed by atoms with E-state index in [4.69, 9.17) is 9.72 Å². The Labute approximate surface area is 164 Å². The molecule has 1 fully saturated rings. The number of ether oxygens (including phenoxy) is 1. The molecule has 2 aromatic rings. The maximum absolute atomic E-state index is 12.1. The van der Waals surface area contributed by atoms with Crippen molar-refractivity contribution < 1.29 is 9.53 Å². The molecule has 0 saturated carbocycles. The number of guanidine groups is 1. The van der Waals surface area contributed by atoms with E-state index in [1.807, 2.05) is 25.1 Å². The van der Waals surface area contributed by atoms with Gasteiger partial charge in [0.15, 0.2) is 5.96 Å². The lowest BCUT2D eigenvalue weighted by Gasteiger charge is -2.33. The summed E-state index contributed by atoms with van der Waals surface area (Å²) in [5, 5.41) is 6.47. The minimum absolute atomic E-state index is 0.0817. The van der Waals surface area contributed by atoms with Gasteiger partial charge in [-0.05, 0) is 19.8 Å². The van der Waals surface area contributed by atoms with E-state index in [0.29, 0.717) is 19.7 Å². The number of carbonyl (C=O) groups excluding carboxylic acids is 1. The van der Waals surface area contributed by atoms with E-state index in [9.17, 15) is 4.79 Å². The van der Waals surface area contributed by atoms with Crippen molar-refractivity contribution in [2.45, 2.75) is 26.3 Å². The number of carbonyl (C=O) groups is 1. The predicted octanol–water partition coefficient (Wildman–Crippen LogP) is 3.16. The Morgan fingerprint density at radius 1 is 1.41 bits per heavy atom. The molecule has 0 spiro atoms. The van der Waals surface area contributed by atoms with Gasteiger partial charge in [-0.3, -0.25) is 9.79 Å². The molecule has 144 valence electrons. The SMILES string of the molecule is CCOC(=O)C1CCCN(C(=NC)NCc2nc(-c3ccccc3)cs2)C1. The first-order valence-corrected chi connectivity index (χ1v) is 10.2. The summed E-state index contributed by atoms with van der Waals surface area (Å²) in [5.74, 6) is 0.618. The van der Waals surface area contributed by atoms with Gasteiger partial charge in [0.2, 0.25) is 0 Å². The van der Waals surface area contributed by atoms with Gasteiger partial charge in [0.05, 0.1) is 24.8 Å². The number of hydrogen-bond acceptors (Lipinski definition) is 5. The minimum atomic E-state index is -0.106. The summed E-state index contributed by atoms with van der Waals surface area (Å²) < 4.78 is 5.18. The van der Waals surface area contributed by atoms with Gasteiger partial charge in [-0.1, -0.05) is 30.3 Å². The first-order chi connectivity index (χ1) is 13.2. The monoisotopic (exact) mass is 386 g/mol. The average molecular weight is 387 g/mol. The summed E-state index contributed by atoms with van der Waals surface area (Å²) in [6.07, 6.45) is 1.83. The molecule has 1 aromatic heterocycles. The summed E-state index contributed by atoms with van der Waals surface area (Å²) >= 11 is 1.63. The molecule has 0 aliphatic carbocycles. The maximum atomic E-state index is 12.1. The molecular formula is C20H26N4O2S. The smallest absolute Gasteiger partial charge is 0.310 e. The highest BCUT2D eigenvalue weighted by Crippen LogP contribution is 2.22. The Morgan fingerprint density at radius 2 is 2.22 bits per heavy atom. The van der Waals surface area contributed by atoms with Crippen LogP contribution in [0.25, 0.3) is 11.3 Å². The second-order valence-corrected chi connectivity index (χ2v) is 7.37. The third-order valence-corrected chi connectivity index (χ3v) is 5.42. The first kappa shape index (κ1) is 19.4. The summed E-state index contributed by atoms with van der Waals surface area (Å²) in [7, 11) is 1.77. The molecule has 1 aliphatic heterocycles. The van der Waals surface area contributed by atoms with Gasteiger partial charge in [-0.25, -0.2) is 4.98 Å². The fourth-order valence-electron chi connectivity index (χ4n) is 3.24. The molecule has 0 bridgehead atoms. The molecule has 3 rings (SSSR count). The molecule has 1 N–H and O–H groups in total. The van der Waals surface area contributed by atoms with Crippen LogP contribution in [0.5, 0.6) is 0 Å². The summed E-state index contributed by atoms with van der Waals surface area (Å²) in [5.41, 5.74) is 2.12. The van der Waals surface area contributed by atoms with Gasteiger partial charge >= 0.3 is 5.97 Å². The van der Waals surface area contributed by atoms with Gasteiger partial charge in [-0.15, -0.1) is 11.3 Å². The number of aromatic nitrogens is 1. The minimum Gasteiger partial charge on any atom is -0.466 e. The van der Waals surface area contributed by atoms with Crippen molar-refractivity contribution in [2.24, 2.45) is 10.9 Å². The topological polar surface area (TPSA) is 66.8 Å². The molecule has 27 heavy (non-hydrogen) atoms. The molecule has 1 aliphatic rings. The number of aliphatic imine (C=N–C) groups is 1. The van der Waals surface area contributed by atoms with Crippen LogP contribution in [0, 0.1) is 5.92 Å². The second kappa shape index (κ2) is 9.50. The van der Waals surface area contributed by atoms with Gasteiger partial charge in [-0.2, -0.15) is 0 Å². The fraction of sp³-hybridized carbons (Fsp3) is 0.450. The van der Waals surface area contributed by atoms with Crippen molar-refractivity contribution in [3.8, 4) is 11.3 Å². The molecule has 1 atom stereocenters. The number of likely N-dealkylation sites (tertiary alicyclic amines) is 1. The lowest BCUT2D eigenvalue weighted by Crippen LogP contribution is -2.48. The molecule has 2 heterocycles. The van der Waals surface area contributed by atoms with E-state index in [2.05, 4.69) is 32.7 Å². The maximum Gasteiger partial charge on any atom is 0.310 e. The molecule has 0 amide bonds. The normalized spacial score (nSPS) is 17.6. The van der Waals surface area contributed by atoms with Crippen molar-refractivity contribution in [1.82, 2.24) is 15.2 Å². The Kier molecular flexibility index (Phi) is 6.81. The van der Waals surface area contributed by atoms with E-state index in [-0.39, 0.29) is 11.9 Å². The molecular weight excluding hydrogens is 360 g/mol. The van der Waals surface area contributed by atoms with Gasteiger partial charge in [0, 0.05) is 31.1 Å². The van der Waals surface area contributed by atoms with Crippen LogP contribution in [0.4, 0.5) is 0 Å². The van der Waals surface area contributed by atoms with Crippen molar-refractivity contribution in [2.75, 3.05) is 26.7 Å². The first-order valence-electron chi connectivity index (χ1n) is 9.33. The van der Waals surface area contributed by atoms with Crippen LogP contribution in [0.15, 0.2) is 40.7 Å². The van der Waals surface area contributed by atoms with Crippen LogP contribution in [0.1, 0.15) is 24.8 Å². The lowest BCUT2D eigenvalue weighted by atomic mass is 9.98. The van der Waals surface area contributed by atoms with Crippen molar-refractivity contribution in [3.05, 3.63) is 40.7 Å². The molecule has 6 nitrogen and oxygen atoms in total. The van der Waals surface area contributed by atoms with Crippen molar-refractivity contribution in [1.29, 1.82) is 0 Å². The number of hydrogen-bond donors (Lipinski definition) is 1. The zero-order valence-corrected chi connectivity index (χ0v) is 16.7. The van der Waals surface area contributed by atoms with Crippen LogP contribution in [0.3, 0.4) is 0 Å². The van der Waals surface area contributed by atoms with Crippen LogP contribution in [-0.4, -0.2) is 48.6 Å². The Balaban J connectivity index is 1.58. The Hall–Kier alpha value is -2.41. The van der Waals surface area contributed by atoms with Crippen LogP contribution in [-0.2, 0) is 16.1 Å². The van der Waals surface area contributed by atoms with E-state index in [1.54, 1.807) is 18.4 Å². The lowest BCUT2D eigenvalue weighted by molar-refractivity contribution is -0.149. The third-order valence-electron chi connectivity index (χ3n) is 4.57. The van der Waals surface area contributed by atoms with E-state index < -0.39 is 0 Å². The predicted molar refractivity (Wildman–Crippen MR) is 109 cm³/mol. The Bertz CT molecular complexity index is 775. The number of rotatable bonds is 5. The zero-order valence-electron chi connectivity index (χ0n) is 15.9. The molecule has 1 saturated heterocycles. The van der Waals surface area contributed by atoms with Crippen LogP contribution < -0.4 is 5.32 Å². The quantitative estimate of drug-likeness (QED) is 0.486. The highest BCUT2D eigenvalue weighted by Gasteiger charge is 2.28. The van der Waals surface area contributed by atoms with E-state index in [0.717, 1.165) is 41.6 Å². The van der Waals surface area contributed by atoms with Gasteiger partial charge in [0.1, 0.15) is 5.01 Å². The molecule has 1 unspecified atom stereocenters. The van der Waals surface area contributed by atoms with Crippen molar-refractivity contribution >= 4 is 23.3 Å². The zero-order chi connectivity index (χ0) is 19.1. The summed E-state index contributed by atoms with van der Waals surface area (Å²) in [6.45, 7) is 4.42. The van der Waals surface area contributed by atoms with Gasteiger partial charge < -0.3 is 15.0 Å². The second-order valence-electron chi connectivity index (χ2n) is 6.43. The number of nitrogens with zero attached hydrogens (tertiary/aromatic N) is 3. The van der Waals surface area contributed by atoms with Crippen molar-refractivity contribution in [3.63, 3.8) is 0 Å². The molecule has 7 heteroatoms. The number of piperidine rings is 1. The summed E-state index contributed by atoms with van der Waals surface area (Å²) in [4.78, 5) is 23.3. The van der Waals surface area contributed by atoms with E-state index in [1.165, 1.54) is 0 Å². The van der Waals surface area contributed by atoms with Crippen LogP contribution in [0.2, 0.25) is 0 Å². The third kappa shape index (κ3) is 5.07. The number of esters is 1. The number of benzene rings is 1.